The van der Waals surface area contributed by atoms with E-state index in [-0.39, 0.29) is 18.2 Å². The van der Waals surface area contributed by atoms with E-state index in [9.17, 15) is 19.2 Å². The maximum Gasteiger partial charge on any atom is 0.337 e. The Hall–Kier alpha value is -2.90. The number of ether oxygens (including phenoxy) is 1. The molecular weight excluding hydrogens is 326 g/mol. The summed E-state index contributed by atoms with van der Waals surface area (Å²) in [5.74, 6) is -1.17. The topological polar surface area (TPSA) is 96.0 Å². The maximum absolute atomic E-state index is 12.2. The minimum Gasteiger partial charge on any atom is -0.465 e. The minimum atomic E-state index is -0.460. The molecule has 0 bridgehead atoms. The number of carbonyl (C=O) groups is 4. The SMILES string of the molecule is COC(=O)c1ccc(NC(=O)CC(=O)N2CCN(C(C)=O)CC2)cc1. The fraction of sp³-hybridized carbons (Fsp3) is 0.412. The van der Waals surface area contributed by atoms with Crippen molar-refractivity contribution < 1.29 is 23.9 Å². The van der Waals surface area contributed by atoms with Gasteiger partial charge in [-0.2, -0.15) is 0 Å². The van der Waals surface area contributed by atoms with Crippen molar-refractivity contribution in [2.24, 2.45) is 0 Å². The molecule has 1 heterocycles. The highest BCUT2D eigenvalue weighted by Crippen LogP contribution is 2.11. The second-order valence-electron chi connectivity index (χ2n) is 5.68. The minimum absolute atomic E-state index is 0.0137. The standard InChI is InChI=1S/C17H21N3O5/c1-12(21)19-7-9-20(10-8-19)16(23)11-15(22)18-14-5-3-13(4-6-14)17(24)25-2/h3-6H,7-11H2,1-2H3,(H,18,22). The lowest BCUT2D eigenvalue weighted by Gasteiger charge is -2.34. The van der Waals surface area contributed by atoms with Gasteiger partial charge in [0.15, 0.2) is 0 Å². The number of benzene rings is 1. The Balaban J connectivity index is 1.83. The van der Waals surface area contributed by atoms with Gasteiger partial charge < -0.3 is 19.9 Å². The quantitative estimate of drug-likeness (QED) is 0.632. The second-order valence-corrected chi connectivity index (χ2v) is 5.68. The summed E-state index contributed by atoms with van der Waals surface area (Å²) in [4.78, 5) is 50.0. The van der Waals surface area contributed by atoms with E-state index in [1.54, 1.807) is 21.9 Å². The predicted octanol–water partition coefficient (Wildman–Crippen LogP) is 0.492. The highest BCUT2D eigenvalue weighted by molar-refractivity contribution is 6.03. The monoisotopic (exact) mass is 347 g/mol. The molecule has 0 atom stereocenters. The van der Waals surface area contributed by atoms with Crippen molar-refractivity contribution in [2.45, 2.75) is 13.3 Å². The normalized spacial score (nSPS) is 14.0. The number of piperazine rings is 1. The molecule has 0 aromatic heterocycles. The third-order valence-electron chi connectivity index (χ3n) is 3.98. The van der Waals surface area contributed by atoms with Crippen molar-refractivity contribution in [3.63, 3.8) is 0 Å². The average molecular weight is 347 g/mol. The molecule has 2 rings (SSSR count). The molecule has 1 fully saturated rings. The van der Waals surface area contributed by atoms with E-state index in [2.05, 4.69) is 10.1 Å². The molecule has 8 heteroatoms. The van der Waals surface area contributed by atoms with E-state index in [1.165, 1.54) is 26.2 Å². The third kappa shape index (κ3) is 5.03. The Morgan fingerprint density at radius 1 is 1.00 bits per heavy atom. The smallest absolute Gasteiger partial charge is 0.337 e. The number of hydrogen-bond donors (Lipinski definition) is 1. The van der Waals surface area contributed by atoms with Crippen molar-refractivity contribution in [3.8, 4) is 0 Å². The molecule has 134 valence electrons. The Kier molecular flexibility index (Phi) is 6.10. The Bertz CT molecular complexity index is 663. The van der Waals surface area contributed by atoms with E-state index < -0.39 is 11.9 Å². The van der Waals surface area contributed by atoms with E-state index >= 15 is 0 Å². The summed E-state index contributed by atoms with van der Waals surface area (Å²) in [6.07, 6.45) is -0.265. The van der Waals surface area contributed by atoms with Crippen LogP contribution in [0.4, 0.5) is 5.69 Å². The Labute approximate surface area is 145 Å². The number of nitrogens with zero attached hydrogens (tertiary/aromatic N) is 2. The number of anilines is 1. The first-order valence-corrected chi connectivity index (χ1v) is 7.92. The van der Waals surface area contributed by atoms with Crippen molar-refractivity contribution in [1.82, 2.24) is 9.80 Å². The fourth-order valence-corrected chi connectivity index (χ4v) is 2.53. The lowest BCUT2D eigenvalue weighted by molar-refractivity contribution is -0.140. The number of rotatable bonds is 4. The number of amides is 3. The van der Waals surface area contributed by atoms with E-state index in [1.807, 2.05) is 0 Å². The number of esters is 1. The van der Waals surface area contributed by atoms with E-state index in [4.69, 9.17) is 0 Å². The highest BCUT2D eigenvalue weighted by Gasteiger charge is 2.23. The van der Waals surface area contributed by atoms with Crippen LogP contribution in [-0.2, 0) is 19.1 Å². The zero-order chi connectivity index (χ0) is 18.4. The lowest BCUT2D eigenvalue weighted by Crippen LogP contribution is -2.50. The molecule has 1 aliphatic rings. The van der Waals surface area contributed by atoms with Gasteiger partial charge in [-0.05, 0) is 24.3 Å². The first kappa shape index (κ1) is 18.4. The lowest BCUT2D eigenvalue weighted by atomic mass is 10.2. The van der Waals surface area contributed by atoms with Crippen LogP contribution >= 0.6 is 0 Å². The van der Waals surface area contributed by atoms with Crippen LogP contribution in [0, 0.1) is 0 Å². The van der Waals surface area contributed by atoms with Gasteiger partial charge in [-0.25, -0.2) is 4.79 Å². The molecule has 0 aliphatic carbocycles. The Morgan fingerprint density at radius 2 is 1.56 bits per heavy atom. The average Bonchev–Trinajstić information content (AvgIpc) is 2.61. The molecule has 0 radical (unpaired) electrons. The van der Waals surface area contributed by atoms with Crippen LogP contribution in [0.5, 0.6) is 0 Å². The molecule has 0 spiro atoms. The third-order valence-corrected chi connectivity index (χ3v) is 3.98. The van der Waals surface area contributed by atoms with Crippen LogP contribution in [0.1, 0.15) is 23.7 Å². The number of nitrogens with one attached hydrogen (secondary N) is 1. The fourth-order valence-electron chi connectivity index (χ4n) is 2.53. The number of hydrogen-bond acceptors (Lipinski definition) is 5. The van der Waals surface area contributed by atoms with Crippen LogP contribution in [0.25, 0.3) is 0 Å². The van der Waals surface area contributed by atoms with Crippen LogP contribution in [0.15, 0.2) is 24.3 Å². The maximum atomic E-state index is 12.2. The van der Waals surface area contributed by atoms with Gasteiger partial charge in [-0.3, -0.25) is 14.4 Å². The first-order chi connectivity index (χ1) is 11.9. The van der Waals surface area contributed by atoms with Gasteiger partial charge in [0.25, 0.3) is 0 Å². The molecule has 0 unspecified atom stereocenters. The summed E-state index contributed by atoms with van der Waals surface area (Å²) in [6, 6.07) is 6.20. The van der Waals surface area contributed by atoms with Gasteiger partial charge in [0.2, 0.25) is 17.7 Å². The summed E-state index contributed by atoms with van der Waals surface area (Å²) in [5, 5.41) is 2.62. The molecule has 1 aromatic rings. The van der Waals surface area contributed by atoms with Gasteiger partial charge in [-0.15, -0.1) is 0 Å². The van der Waals surface area contributed by atoms with Gasteiger partial charge in [0, 0.05) is 38.8 Å². The van der Waals surface area contributed by atoms with Crippen molar-refractivity contribution in [1.29, 1.82) is 0 Å². The van der Waals surface area contributed by atoms with Gasteiger partial charge in [0.1, 0.15) is 6.42 Å². The highest BCUT2D eigenvalue weighted by atomic mass is 16.5. The molecule has 3 amide bonds. The largest absolute Gasteiger partial charge is 0.465 e. The summed E-state index contributed by atoms with van der Waals surface area (Å²) < 4.78 is 4.60. The van der Waals surface area contributed by atoms with Crippen LogP contribution in [-0.4, -0.2) is 66.8 Å². The zero-order valence-electron chi connectivity index (χ0n) is 14.3. The molecular formula is C17H21N3O5. The molecule has 8 nitrogen and oxygen atoms in total. The molecule has 1 aliphatic heterocycles. The van der Waals surface area contributed by atoms with E-state index in [0.29, 0.717) is 37.4 Å². The van der Waals surface area contributed by atoms with Crippen molar-refractivity contribution >= 4 is 29.4 Å². The Morgan fingerprint density at radius 3 is 2.08 bits per heavy atom. The summed E-state index contributed by atoms with van der Waals surface area (Å²) >= 11 is 0. The number of methoxy groups -OCH3 is 1. The van der Waals surface area contributed by atoms with E-state index in [0.717, 1.165) is 0 Å². The van der Waals surface area contributed by atoms with Crippen LogP contribution in [0.2, 0.25) is 0 Å². The van der Waals surface area contributed by atoms with Crippen LogP contribution < -0.4 is 5.32 Å². The molecule has 1 aromatic carbocycles. The summed E-state index contributed by atoms with van der Waals surface area (Å²) in [6.45, 7) is 3.32. The first-order valence-electron chi connectivity index (χ1n) is 7.92. The summed E-state index contributed by atoms with van der Waals surface area (Å²) in [5.41, 5.74) is 0.867. The van der Waals surface area contributed by atoms with Crippen LogP contribution in [0.3, 0.4) is 0 Å². The second kappa shape index (κ2) is 8.27. The molecule has 1 saturated heterocycles. The van der Waals surface area contributed by atoms with Gasteiger partial charge >= 0.3 is 5.97 Å². The van der Waals surface area contributed by atoms with Gasteiger partial charge in [0.05, 0.1) is 12.7 Å². The number of carbonyl (C=O) groups excluding carboxylic acids is 4. The predicted molar refractivity (Wildman–Crippen MR) is 89.9 cm³/mol. The van der Waals surface area contributed by atoms with Crippen molar-refractivity contribution in [3.05, 3.63) is 29.8 Å². The summed E-state index contributed by atoms with van der Waals surface area (Å²) in [7, 11) is 1.29. The van der Waals surface area contributed by atoms with Gasteiger partial charge in [-0.1, -0.05) is 0 Å². The molecule has 0 saturated carbocycles. The molecule has 1 N–H and O–H groups in total. The molecule has 25 heavy (non-hydrogen) atoms. The van der Waals surface area contributed by atoms with Crippen molar-refractivity contribution in [2.75, 3.05) is 38.6 Å². The zero-order valence-corrected chi connectivity index (χ0v) is 14.3.